The van der Waals surface area contributed by atoms with Gasteiger partial charge in [-0.3, -0.25) is 0 Å². The van der Waals surface area contributed by atoms with Crippen LogP contribution in [0, 0.1) is 11.8 Å². The zero-order valence-electron chi connectivity index (χ0n) is 9.66. The highest BCUT2D eigenvalue weighted by atomic mass is 35.5. The van der Waals surface area contributed by atoms with Gasteiger partial charge in [0.1, 0.15) is 0 Å². The molecule has 3 heteroatoms. The van der Waals surface area contributed by atoms with Gasteiger partial charge in [0.2, 0.25) is 0 Å². The summed E-state index contributed by atoms with van der Waals surface area (Å²) in [7, 11) is 0. The van der Waals surface area contributed by atoms with Crippen molar-refractivity contribution in [2.24, 2.45) is 11.8 Å². The molecule has 2 rings (SSSR count). The van der Waals surface area contributed by atoms with Crippen LogP contribution in [0.25, 0.3) is 0 Å². The molecule has 1 N–H and O–H groups in total. The van der Waals surface area contributed by atoms with E-state index in [2.05, 4.69) is 6.92 Å². The van der Waals surface area contributed by atoms with E-state index in [1.54, 1.807) is 11.3 Å². The van der Waals surface area contributed by atoms with Crippen LogP contribution < -0.4 is 0 Å². The van der Waals surface area contributed by atoms with Crippen LogP contribution in [0.4, 0.5) is 0 Å². The molecule has 0 spiro atoms. The Kier molecular flexibility index (Phi) is 4.28. The van der Waals surface area contributed by atoms with Crippen molar-refractivity contribution in [2.75, 3.05) is 0 Å². The van der Waals surface area contributed by atoms with Crippen molar-refractivity contribution in [1.29, 1.82) is 0 Å². The molecule has 0 radical (unpaired) electrons. The molecule has 0 aromatic carbocycles. The van der Waals surface area contributed by atoms with Crippen molar-refractivity contribution in [2.45, 2.75) is 45.1 Å². The first-order chi connectivity index (χ1) is 7.74. The highest BCUT2D eigenvalue weighted by molar-refractivity contribution is 7.10. The van der Waals surface area contributed by atoms with E-state index in [1.165, 1.54) is 25.7 Å². The SMILES string of the molecule is CCC1CCCCC1C(O)c1sccc1Cl. The van der Waals surface area contributed by atoms with E-state index in [1.807, 2.05) is 11.4 Å². The maximum atomic E-state index is 10.4. The molecule has 1 aliphatic rings. The summed E-state index contributed by atoms with van der Waals surface area (Å²) in [6.45, 7) is 2.23. The van der Waals surface area contributed by atoms with E-state index in [0.29, 0.717) is 11.8 Å². The van der Waals surface area contributed by atoms with E-state index in [0.717, 1.165) is 16.3 Å². The van der Waals surface area contributed by atoms with Crippen LogP contribution in [0.1, 0.15) is 50.0 Å². The van der Waals surface area contributed by atoms with E-state index >= 15 is 0 Å². The summed E-state index contributed by atoms with van der Waals surface area (Å²) in [5.74, 6) is 1.08. The molecule has 3 unspecified atom stereocenters. The lowest BCUT2D eigenvalue weighted by molar-refractivity contribution is 0.0478. The number of thiophene rings is 1. The predicted octanol–water partition coefficient (Wildman–Crippen LogP) is 4.65. The Bertz CT molecular complexity index is 336. The molecular weight excluding hydrogens is 240 g/mol. The third-order valence-electron chi connectivity index (χ3n) is 3.81. The second-order valence-corrected chi connectivity index (χ2v) is 6.05. The zero-order chi connectivity index (χ0) is 11.5. The molecule has 1 aliphatic carbocycles. The molecule has 1 fully saturated rings. The first kappa shape index (κ1) is 12.4. The summed E-state index contributed by atoms with van der Waals surface area (Å²) in [6, 6.07) is 1.88. The number of rotatable bonds is 3. The summed E-state index contributed by atoms with van der Waals surface area (Å²) in [6.07, 6.45) is 5.80. The summed E-state index contributed by atoms with van der Waals surface area (Å²) in [5.41, 5.74) is 0. The number of hydrogen-bond donors (Lipinski definition) is 1. The van der Waals surface area contributed by atoms with Gasteiger partial charge in [-0.25, -0.2) is 0 Å². The molecule has 0 aliphatic heterocycles. The van der Waals surface area contributed by atoms with Crippen LogP contribution in [0.2, 0.25) is 5.02 Å². The standard InChI is InChI=1S/C13H19ClOS/c1-2-9-5-3-4-6-10(9)12(15)13-11(14)7-8-16-13/h7-10,12,15H,2-6H2,1H3. The highest BCUT2D eigenvalue weighted by Crippen LogP contribution is 2.43. The Balaban J connectivity index is 2.13. The van der Waals surface area contributed by atoms with Gasteiger partial charge < -0.3 is 5.11 Å². The van der Waals surface area contributed by atoms with E-state index in [4.69, 9.17) is 11.6 Å². The lowest BCUT2D eigenvalue weighted by Crippen LogP contribution is -2.24. The second-order valence-electron chi connectivity index (χ2n) is 4.69. The molecule has 0 bridgehead atoms. The molecule has 1 aromatic heterocycles. The van der Waals surface area contributed by atoms with Crippen LogP contribution in [0.3, 0.4) is 0 Å². The Morgan fingerprint density at radius 3 is 2.88 bits per heavy atom. The van der Waals surface area contributed by atoms with Crippen LogP contribution in [-0.2, 0) is 0 Å². The molecular formula is C13H19ClOS. The number of aliphatic hydroxyl groups is 1. The minimum Gasteiger partial charge on any atom is -0.387 e. The van der Waals surface area contributed by atoms with Gasteiger partial charge >= 0.3 is 0 Å². The number of hydrogen-bond acceptors (Lipinski definition) is 2. The minimum absolute atomic E-state index is 0.349. The minimum atomic E-state index is -0.349. The molecule has 0 saturated heterocycles. The van der Waals surface area contributed by atoms with Gasteiger partial charge in [-0.05, 0) is 29.7 Å². The van der Waals surface area contributed by atoms with Crippen LogP contribution in [0.15, 0.2) is 11.4 Å². The van der Waals surface area contributed by atoms with Gasteiger partial charge in [0.05, 0.1) is 16.0 Å². The van der Waals surface area contributed by atoms with E-state index in [-0.39, 0.29) is 6.10 Å². The molecule has 1 saturated carbocycles. The summed E-state index contributed by atoms with van der Waals surface area (Å²) in [5, 5.41) is 13.1. The first-order valence-corrected chi connectivity index (χ1v) is 7.40. The van der Waals surface area contributed by atoms with Crippen molar-refractivity contribution < 1.29 is 5.11 Å². The van der Waals surface area contributed by atoms with Crippen molar-refractivity contribution in [3.8, 4) is 0 Å². The fourth-order valence-corrected chi connectivity index (χ4v) is 4.10. The van der Waals surface area contributed by atoms with E-state index in [9.17, 15) is 5.11 Å². The molecule has 0 amide bonds. The number of halogens is 1. The van der Waals surface area contributed by atoms with Crippen molar-refractivity contribution in [3.05, 3.63) is 21.3 Å². The molecule has 1 aromatic rings. The van der Waals surface area contributed by atoms with Gasteiger partial charge in [0.25, 0.3) is 0 Å². The smallest absolute Gasteiger partial charge is 0.0927 e. The molecule has 1 nitrogen and oxygen atoms in total. The Morgan fingerprint density at radius 1 is 1.50 bits per heavy atom. The Morgan fingerprint density at radius 2 is 2.25 bits per heavy atom. The van der Waals surface area contributed by atoms with Crippen molar-refractivity contribution in [3.63, 3.8) is 0 Å². The number of aliphatic hydroxyl groups excluding tert-OH is 1. The monoisotopic (exact) mass is 258 g/mol. The van der Waals surface area contributed by atoms with Gasteiger partial charge in [0.15, 0.2) is 0 Å². The van der Waals surface area contributed by atoms with Crippen molar-refractivity contribution in [1.82, 2.24) is 0 Å². The van der Waals surface area contributed by atoms with Gasteiger partial charge in [-0.1, -0.05) is 44.2 Å². The van der Waals surface area contributed by atoms with Gasteiger partial charge in [-0.15, -0.1) is 11.3 Å². The fourth-order valence-electron chi connectivity index (χ4n) is 2.87. The molecule has 90 valence electrons. The quantitative estimate of drug-likeness (QED) is 0.837. The van der Waals surface area contributed by atoms with Crippen LogP contribution in [-0.4, -0.2) is 5.11 Å². The summed E-state index contributed by atoms with van der Waals surface area (Å²) in [4.78, 5) is 0.965. The fraction of sp³-hybridized carbons (Fsp3) is 0.692. The zero-order valence-corrected chi connectivity index (χ0v) is 11.2. The first-order valence-electron chi connectivity index (χ1n) is 6.15. The van der Waals surface area contributed by atoms with Crippen LogP contribution in [0.5, 0.6) is 0 Å². The maximum absolute atomic E-state index is 10.4. The largest absolute Gasteiger partial charge is 0.387 e. The van der Waals surface area contributed by atoms with Crippen molar-refractivity contribution >= 4 is 22.9 Å². The third kappa shape index (κ3) is 2.44. The second kappa shape index (κ2) is 5.52. The third-order valence-corrected chi connectivity index (χ3v) is 5.24. The summed E-state index contributed by atoms with van der Waals surface area (Å²) >= 11 is 7.68. The normalized spacial score (nSPS) is 27.9. The average molecular weight is 259 g/mol. The summed E-state index contributed by atoms with van der Waals surface area (Å²) < 4.78 is 0. The lowest BCUT2D eigenvalue weighted by Gasteiger charge is -2.34. The molecule has 16 heavy (non-hydrogen) atoms. The molecule has 1 heterocycles. The maximum Gasteiger partial charge on any atom is 0.0927 e. The lowest BCUT2D eigenvalue weighted by atomic mass is 9.74. The highest BCUT2D eigenvalue weighted by Gasteiger charge is 2.31. The Hall–Kier alpha value is -0.0500. The topological polar surface area (TPSA) is 20.2 Å². The average Bonchev–Trinajstić information content (AvgIpc) is 2.74. The predicted molar refractivity (Wildman–Crippen MR) is 70.0 cm³/mol. The van der Waals surface area contributed by atoms with Crippen LogP contribution >= 0.6 is 22.9 Å². The molecule has 3 atom stereocenters. The van der Waals surface area contributed by atoms with E-state index < -0.39 is 0 Å². The van der Waals surface area contributed by atoms with Gasteiger partial charge in [0, 0.05) is 0 Å². The van der Waals surface area contributed by atoms with Gasteiger partial charge in [-0.2, -0.15) is 0 Å². The Labute approximate surface area is 106 Å².